The van der Waals surface area contributed by atoms with E-state index in [9.17, 15) is 5.11 Å². The van der Waals surface area contributed by atoms with Crippen LogP contribution in [0.5, 0.6) is 0 Å². The number of ether oxygens (including phenoxy) is 1. The normalized spacial score (nSPS) is 33.8. The third-order valence-corrected chi connectivity index (χ3v) is 6.01. The third kappa shape index (κ3) is 5.21. The second-order valence-electron chi connectivity index (χ2n) is 8.66. The quantitative estimate of drug-likeness (QED) is 0.761. The van der Waals surface area contributed by atoms with Gasteiger partial charge in [0.25, 0.3) is 0 Å². The van der Waals surface area contributed by atoms with Gasteiger partial charge in [-0.2, -0.15) is 0 Å². The molecule has 0 aromatic heterocycles. The molecule has 0 bridgehead atoms. The van der Waals surface area contributed by atoms with Gasteiger partial charge in [0.1, 0.15) is 12.6 Å². The molecule has 1 aliphatic carbocycles. The van der Waals surface area contributed by atoms with Gasteiger partial charge >= 0.3 is 0 Å². The van der Waals surface area contributed by atoms with Crippen molar-refractivity contribution in [3.63, 3.8) is 0 Å². The number of quaternary nitrogens is 1. The van der Waals surface area contributed by atoms with Crippen molar-refractivity contribution < 1.29 is 14.3 Å². The number of likely N-dealkylation sites (tertiary alicyclic amines) is 1. The summed E-state index contributed by atoms with van der Waals surface area (Å²) in [5.41, 5.74) is 0. The second kappa shape index (κ2) is 8.12. The van der Waals surface area contributed by atoms with Crippen molar-refractivity contribution in [2.24, 2.45) is 17.8 Å². The number of hydrogen-bond donors (Lipinski definition) is 1. The molecule has 4 atom stereocenters. The summed E-state index contributed by atoms with van der Waals surface area (Å²) in [5, 5.41) is 10.4. The van der Waals surface area contributed by atoms with Crippen LogP contribution in [0.2, 0.25) is 0 Å². The molecule has 0 spiro atoms. The Morgan fingerprint density at radius 2 is 1.82 bits per heavy atom. The molecule has 3 nitrogen and oxygen atoms in total. The molecule has 2 aliphatic rings. The predicted octanol–water partition coefficient (Wildman–Crippen LogP) is 3.46. The molecular weight excluding hydrogens is 274 g/mol. The first-order chi connectivity index (χ1) is 10.4. The maximum absolute atomic E-state index is 10.4. The molecule has 1 heterocycles. The van der Waals surface area contributed by atoms with Crippen molar-refractivity contribution in [2.45, 2.75) is 71.5 Å². The van der Waals surface area contributed by atoms with Crippen LogP contribution in [0.15, 0.2) is 0 Å². The van der Waals surface area contributed by atoms with Gasteiger partial charge in [0.05, 0.1) is 32.8 Å². The number of aliphatic hydroxyl groups excluding tert-OH is 1. The fourth-order valence-electron chi connectivity index (χ4n) is 4.56. The van der Waals surface area contributed by atoms with E-state index in [-0.39, 0.29) is 6.10 Å². The van der Waals surface area contributed by atoms with Crippen LogP contribution in [0.3, 0.4) is 0 Å². The first kappa shape index (κ1) is 18.2. The van der Waals surface area contributed by atoms with E-state index in [0.29, 0.717) is 24.5 Å². The lowest BCUT2D eigenvalue weighted by atomic mass is 9.75. The maximum atomic E-state index is 10.4. The van der Waals surface area contributed by atoms with E-state index < -0.39 is 0 Å². The lowest BCUT2D eigenvalue weighted by molar-refractivity contribution is -0.916. The van der Waals surface area contributed by atoms with E-state index in [0.717, 1.165) is 16.9 Å². The van der Waals surface area contributed by atoms with E-state index in [1.807, 2.05) is 0 Å². The van der Waals surface area contributed by atoms with E-state index in [1.165, 1.54) is 51.6 Å². The highest BCUT2D eigenvalue weighted by molar-refractivity contribution is 4.81. The van der Waals surface area contributed by atoms with Gasteiger partial charge in [-0.05, 0) is 49.9 Å². The van der Waals surface area contributed by atoms with Crippen molar-refractivity contribution in [1.82, 2.24) is 0 Å². The lowest BCUT2D eigenvalue weighted by Crippen LogP contribution is -2.53. The molecule has 1 saturated heterocycles. The molecule has 0 amide bonds. The predicted molar refractivity (Wildman–Crippen MR) is 91.7 cm³/mol. The van der Waals surface area contributed by atoms with Crippen LogP contribution in [-0.2, 0) is 4.74 Å². The first-order valence-corrected chi connectivity index (χ1v) is 9.53. The zero-order valence-electron chi connectivity index (χ0n) is 15.3. The fourth-order valence-corrected chi connectivity index (χ4v) is 4.56. The van der Waals surface area contributed by atoms with Gasteiger partial charge in [0.2, 0.25) is 0 Å². The van der Waals surface area contributed by atoms with Crippen molar-refractivity contribution in [3.05, 3.63) is 0 Å². The number of hydrogen-bond acceptors (Lipinski definition) is 2. The topological polar surface area (TPSA) is 29.5 Å². The molecule has 130 valence electrons. The highest BCUT2D eigenvalue weighted by atomic mass is 16.5. The molecule has 0 unspecified atom stereocenters. The van der Waals surface area contributed by atoms with E-state index >= 15 is 0 Å². The number of likely N-dealkylation sites (N-methyl/N-ethyl adjacent to an activating group) is 1. The van der Waals surface area contributed by atoms with Gasteiger partial charge in [0.15, 0.2) is 0 Å². The van der Waals surface area contributed by atoms with Crippen LogP contribution >= 0.6 is 0 Å². The molecule has 1 saturated carbocycles. The highest BCUT2D eigenvalue weighted by Gasteiger charge is 2.33. The molecular formula is C19H38NO2+. The molecule has 2 fully saturated rings. The Morgan fingerprint density at radius 1 is 1.14 bits per heavy atom. The van der Waals surface area contributed by atoms with Gasteiger partial charge in [0, 0.05) is 0 Å². The van der Waals surface area contributed by atoms with Crippen LogP contribution in [0.25, 0.3) is 0 Å². The van der Waals surface area contributed by atoms with Crippen LogP contribution in [0, 0.1) is 17.8 Å². The fraction of sp³-hybridized carbons (Fsp3) is 1.00. The molecule has 0 aromatic rings. The van der Waals surface area contributed by atoms with Crippen molar-refractivity contribution in [2.75, 3.05) is 33.3 Å². The Kier molecular flexibility index (Phi) is 6.73. The number of aliphatic hydroxyl groups is 1. The highest BCUT2D eigenvalue weighted by Crippen LogP contribution is 2.35. The summed E-state index contributed by atoms with van der Waals surface area (Å²) in [7, 11) is 2.29. The molecule has 22 heavy (non-hydrogen) atoms. The van der Waals surface area contributed by atoms with Gasteiger partial charge in [-0.1, -0.05) is 27.2 Å². The van der Waals surface area contributed by atoms with Gasteiger partial charge in [-0.15, -0.1) is 0 Å². The number of nitrogens with zero attached hydrogens (tertiary/aromatic N) is 1. The Hall–Kier alpha value is -0.120. The minimum Gasteiger partial charge on any atom is -0.385 e. The lowest BCUT2D eigenvalue weighted by Gasteiger charge is -2.40. The largest absolute Gasteiger partial charge is 0.385 e. The Balaban J connectivity index is 1.79. The van der Waals surface area contributed by atoms with Gasteiger partial charge < -0.3 is 14.3 Å². The van der Waals surface area contributed by atoms with E-state index in [1.54, 1.807) is 0 Å². The summed E-state index contributed by atoms with van der Waals surface area (Å²) >= 11 is 0. The zero-order valence-corrected chi connectivity index (χ0v) is 15.3. The van der Waals surface area contributed by atoms with Crippen molar-refractivity contribution in [3.8, 4) is 0 Å². The Labute approximate surface area is 137 Å². The number of piperidine rings is 1. The smallest absolute Gasteiger partial charge is 0.126 e. The minimum absolute atomic E-state index is 0.312. The number of rotatable bonds is 6. The molecule has 1 aliphatic heterocycles. The van der Waals surface area contributed by atoms with Gasteiger partial charge in [-0.25, -0.2) is 0 Å². The average molecular weight is 313 g/mol. The zero-order chi connectivity index (χ0) is 16.2. The minimum atomic E-state index is -0.312. The summed E-state index contributed by atoms with van der Waals surface area (Å²) in [6, 6.07) is 0. The summed E-state index contributed by atoms with van der Waals surface area (Å²) in [5.74, 6) is 2.12. The molecule has 3 heteroatoms. The molecule has 1 N–H and O–H groups in total. The Bertz CT molecular complexity index is 325. The van der Waals surface area contributed by atoms with Crippen LogP contribution in [-0.4, -0.2) is 55.1 Å². The van der Waals surface area contributed by atoms with E-state index in [4.69, 9.17) is 4.74 Å². The summed E-state index contributed by atoms with van der Waals surface area (Å²) in [6.45, 7) is 10.8. The standard InChI is InChI=1S/C19H38NO2/c1-15(2)18-9-8-16(3)12-19(18)22-14-17(21)13-20(4)10-6-5-7-11-20/h15-19,21H,5-14H2,1-4H3/q+1/t16-,17-,18-,19+/m1/s1. The monoisotopic (exact) mass is 312 g/mol. The SMILES string of the molecule is CC(C)[C@H]1CC[C@@H](C)C[C@@H]1OC[C@H](O)C[N+]1(C)CCCCC1. The first-order valence-electron chi connectivity index (χ1n) is 9.53. The summed E-state index contributed by atoms with van der Waals surface area (Å²) < 4.78 is 7.24. The third-order valence-electron chi connectivity index (χ3n) is 6.01. The van der Waals surface area contributed by atoms with Gasteiger partial charge in [-0.3, -0.25) is 0 Å². The van der Waals surface area contributed by atoms with Crippen LogP contribution in [0.1, 0.15) is 59.3 Å². The second-order valence-corrected chi connectivity index (χ2v) is 8.66. The van der Waals surface area contributed by atoms with Crippen LogP contribution < -0.4 is 0 Å². The van der Waals surface area contributed by atoms with Crippen molar-refractivity contribution in [1.29, 1.82) is 0 Å². The Morgan fingerprint density at radius 3 is 2.45 bits per heavy atom. The average Bonchev–Trinajstić information content (AvgIpc) is 2.45. The molecule has 0 aromatic carbocycles. The van der Waals surface area contributed by atoms with Crippen LogP contribution in [0.4, 0.5) is 0 Å². The molecule has 0 radical (unpaired) electrons. The van der Waals surface area contributed by atoms with E-state index in [2.05, 4.69) is 27.8 Å². The summed E-state index contributed by atoms with van der Waals surface area (Å²) in [4.78, 5) is 0. The van der Waals surface area contributed by atoms with Crippen molar-refractivity contribution >= 4 is 0 Å². The summed E-state index contributed by atoms with van der Waals surface area (Å²) in [6.07, 6.45) is 7.79. The molecule has 2 rings (SSSR count). The maximum Gasteiger partial charge on any atom is 0.126 e.